The number of carbonyl (C=O) groups is 5. The quantitative estimate of drug-likeness (QED) is 0.0793. The predicted octanol–water partition coefficient (Wildman–Crippen LogP) is 3.45. The lowest BCUT2D eigenvalue weighted by atomic mass is 10.1. The number of aromatic amines is 1. The van der Waals surface area contributed by atoms with Crippen molar-refractivity contribution in [3.8, 4) is 0 Å². The highest BCUT2D eigenvalue weighted by atomic mass is 32.3. The Morgan fingerprint density at radius 2 is 1.94 bits per heavy atom. The average molecular weight is 753 g/mol. The number of amides is 5. The van der Waals surface area contributed by atoms with Crippen LogP contribution < -0.4 is 20.9 Å². The number of allylic oxidation sites excluding steroid dienone is 1. The van der Waals surface area contributed by atoms with E-state index in [0.29, 0.717) is 37.5 Å². The molecule has 4 atom stereocenters. The van der Waals surface area contributed by atoms with E-state index in [2.05, 4.69) is 33.5 Å². The molecule has 286 valence electrons. The zero-order chi connectivity index (χ0) is 38.3. The lowest BCUT2D eigenvalue weighted by Gasteiger charge is -2.35. The van der Waals surface area contributed by atoms with Crippen molar-refractivity contribution in [1.82, 2.24) is 30.1 Å². The summed E-state index contributed by atoms with van der Waals surface area (Å²) in [5.41, 5.74) is -0.760. The van der Waals surface area contributed by atoms with Crippen LogP contribution in [0.4, 0.5) is 4.79 Å². The smallest absolute Gasteiger partial charge is 0.407 e. The van der Waals surface area contributed by atoms with Crippen molar-refractivity contribution in [3.05, 3.63) is 77.8 Å². The highest BCUT2D eigenvalue weighted by Crippen LogP contribution is 2.54. The van der Waals surface area contributed by atoms with Gasteiger partial charge in [-0.3, -0.25) is 37.8 Å². The summed E-state index contributed by atoms with van der Waals surface area (Å²) in [5.74, 6) is -2.82. The average Bonchev–Trinajstić information content (AvgIpc) is 4.07. The fraction of sp³-hybridized carbons (Fsp3) is 0.459. The van der Waals surface area contributed by atoms with Gasteiger partial charge in [-0.2, -0.15) is 0 Å². The molecule has 1 saturated heterocycles. The van der Waals surface area contributed by atoms with Crippen molar-refractivity contribution in [3.63, 3.8) is 0 Å². The van der Waals surface area contributed by atoms with Gasteiger partial charge in [-0.25, -0.2) is 4.79 Å². The van der Waals surface area contributed by atoms with Crippen LogP contribution in [0.3, 0.4) is 0 Å². The van der Waals surface area contributed by atoms with Crippen molar-refractivity contribution < 1.29 is 37.8 Å². The lowest BCUT2D eigenvalue weighted by Crippen LogP contribution is -2.59. The number of carbonyl (C=O) groups excluding carboxylic acids is 5. The minimum atomic E-state index is -3.37. The number of fused-ring (bicyclic) bond motifs is 1. The fourth-order valence-corrected chi connectivity index (χ4v) is 7.95. The molecule has 0 bridgehead atoms. The first-order valence-corrected chi connectivity index (χ1v) is 19.4. The first-order chi connectivity index (χ1) is 25.3. The summed E-state index contributed by atoms with van der Waals surface area (Å²) >= 11 is 0. The van der Waals surface area contributed by atoms with Crippen LogP contribution in [0.2, 0.25) is 0 Å². The molecule has 2 aromatic rings. The van der Waals surface area contributed by atoms with Gasteiger partial charge >= 0.3 is 6.09 Å². The minimum absolute atomic E-state index is 0.0341. The number of aromatic nitrogens is 1. The Bertz CT molecular complexity index is 1840. The highest BCUT2D eigenvalue weighted by Gasteiger charge is 2.61. The Kier molecular flexibility index (Phi) is 12.5. The Labute approximate surface area is 309 Å². The van der Waals surface area contributed by atoms with Gasteiger partial charge in [0.05, 0.1) is 18.4 Å². The SMILES string of the molecule is C=CC(=O)N(CC)CC(NC(=O)OCCCC=Cc1ccc2cc[nH]c(=O)c2c1)C(=O)N1CCCC1C(=O)NC1(C(=O)NS(O)(O)C2CC2)CC1C=C. The molecular weight excluding hydrogens is 705 g/mol. The maximum Gasteiger partial charge on any atom is 0.407 e. The third-order valence-corrected chi connectivity index (χ3v) is 11.7. The molecule has 3 fully saturated rings. The molecule has 2 heterocycles. The van der Waals surface area contributed by atoms with Crippen molar-refractivity contribution in [2.24, 2.45) is 5.92 Å². The number of nitrogens with one attached hydrogen (secondary N) is 4. The van der Waals surface area contributed by atoms with Crippen LogP contribution in [0.25, 0.3) is 16.8 Å². The van der Waals surface area contributed by atoms with E-state index in [4.69, 9.17) is 4.74 Å². The summed E-state index contributed by atoms with van der Waals surface area (Å²) in [6.45, 7) is 9.21. The Morgan fingerprint density at radius 1 is 1.17 bits per heavy atom. The molecule has 5 amide bonds. The van der Waals surface area contributed by atoms with Gasteiger partial charge in [-0.05, 0) is 81.0 Å². The van der Waals surface area contributed by atoms with Crippen molar-refractivity contribution in [1.29, 1.82) is 0 Å². The number of hydrogen-bond donors (Lipinski definition) is 6. The maximum absolute atomic E-state index is 14.0. The maximum atomic E-state index is 14.0. The van der Waals surface area contributed by atoms with Crippen molar-refractivity contribution in [2.75, 3.05) is 26.2 Å². The number of alkyl carbamates (subject to hydrolysis) is 1. The predicted molar refractivity (Wildman–Crippen MR) is 201 cm³/mol. The van der Waals surface area contributed by atoms with E-state index in [9.17, 15) is 37.9 Å². The van der Waals surface area contributed by atoms with E-state index in [1.165, 1.54) is 15.9 Å². The monoisotopic (exact) mass is 752 g/mol. The topological polar surface area (TPSA) is 210 Å². The molecule has 53 heavy (non-hydrogen) atoms. The van der Waals surface area contributed by atoms with E-state index < -0.39 is 69.3 Å². The molecular formula is C37H48N6O9S. The van der Waals surface area contributed by atoms with Crippen molar-refractivity contribution >= 4 is 57.3 Å². The number of nitrogens with zero attached hydrogens (tertiary/aromatic N) is 2. The van der Waals surface area contributed by atoms with Gasteiger partial charge in [0, 0.05) is 30.6 Å². The molecule has 1 aromatic heterocycles. The second kappa shape index (κ2) is 16.8. The number of unbranched alkanes of at least 4 members (excludes halogenated alkanes) is 1. The minimum Gasteiger partial charge on any atom is -0.450 e. The van der Waals surface area contributed by atoms with E-state index in [0.717, 1.165) is 17.0 Å². The van der Waals surface area contributed by atoms with Gasteiger partial charge in [-0.15, -0.1) is 17.4 Å². The van der Waals surface area contributed by atoms with Gasteiger partial charge in [0.1, 0.15) is 17.6 Å². The van der Waals surface area contributed by atoms with E-state index in [-0.39, 0.29) is 44.6 Å². The number of likely N-dealkylation sites (tertiary alicyclic amines) is 1. The van der Waals surface area contributed by atoms with Crippen LogP contribution >= 0.6 is 10.8 Å². The van der Waals surface area contributed by atoms with Gasteiger partial charge in [0.15, 0.2) is 0 Å². The number of likely N-dealkylation sites (N-methyl/N-ethyl adjacent to an activating group) is 1. The van der Waals surface area contributed by atoms with Gasteiger partial charge in [0.25, 0.3) is 11.5 Å². The molecule has 6 N–H and O–H groups in total. The molecule has 15 nitrogen and oxygen atoms in total. The van der Waals surface area contributed by atoms with Crippen LogP contribution in [-0.4, -0.2) is 103 Å². The molecule has 3 aliphatic rings. The summed E-state index contributed by atoms with van der Waals surface area (Å²) in [6, 6.07) is 5.13. The van der Waals surface area contributed by atoms with Crippen LogP contribution in [0, 0.1) is 5.92 Å². The van der Waals surface area contributed by atoms with Crippen molar-refractivity contribution in [2.45, 2.75) is 74.7 Å². The molecule has 5 rings (SSSR count). The first-order valence-electron chi connectivity index (χ1n) is 17.8. The number of pyridine rings is 1. The number of ether oxygens (including phenoxy) is 1. The molecule has 4 unspecified atom stereocenters. The van der Waals surface area contributed by atoms with E-state index in [1.807, 2.05) is 30.4 Å². The molecule has 2 aliphatic carbocycles. The second-order valence-electron chi connectivity index (χ2n) is 13.5. The van der Waals surface area contributed by atoms with Gasteiger partial charge in [0.2, 0.25) is 17.7 Å². The zero-order valence-electron chi connectivity index (χ0n) is 29.8. The van der Waals surface area contributed by atoms with Crippen LogP contribution in [0.15, 0.2) is 66.6 Å². The molecule has 16 heteroatoms. The van der Waals surface area contributed by atoms with Crippen LogP contribution in [0.1, 0.15) is 57.4 Å². The summed E-state index contributed by atoms with van der Waals surface area (Å²) in [7, 11) is -3.37. The second-order valence-corrected chi connectivity index (χ2v) is 15.6. The molecule has 0 spiro atoms. The molecule has 1 aromatic carbocycles. The summed E-state index contributed by atoms with van der Waals surface area (Å²) in [5, 5.41) is 6.35. The summed E-state index contributed by atoms with van der Waals surface area (Å²) in [4.78, 5) is 84.0. The summed E-state index contributed by atoms with van der Waals surface area (Å²) in [6.07, 6.45) is 10.3. The molecule has 2 saturated carbocycles. The highest BCUT2D eigenvalue weighted by molar-refractivity contribution is 8.23. The van der Waals surface area contributed by atoms with Crippen LogP contribution in [-0.2, 0) is 23.9 Å². The van der Waals surface area contributed by atoms with E-state index >= 15 is 0 Å². The third kappa shape index (κ3) is 9.36. The number of rotatable bonds is 17. The Morgan fingerprint density at radius 3 is 2.62 bits per heavy atom. The largest absolute Gasteiger partial charge is 0.450 e. The van der Waals surface area contributed by atoms with Gasteiger partial charge < -0.3 is 30.2 Å². The lowest BCUT2D eigenvalue weighted by molar-refractivity contribution is -0.141. The number of hydrogen-bond acceptors (Lipinski definition) is 9. The normalized spacial score (nSPS) is 21.8. The molecule has 1 aliphatic heterocycles. The van der Waals surface area contributed by atoms with Crippen LogP contribution in [0.5, 0.6) is 0 Å². The zero-order valence-corrected chi connectivity index (χ0v) is 30.6. The Hall–Kier alpha value is -4.93. The van der Waals surface area contributed by atoms with Gasteiger partial charge in [-0.1, -0.05) is 36.9 Å². The number of benzene rings is 1. The first kappa shape index (κ1) is 39.3. The van der Waals surface area contributed by atoms with E-state index in [1.54, 1.807) is 19.2 Å². The third-order valence-electron chi connectivity index (χ3n) is 9.84. The number of H-pyrrole nitrogens is 1. The summed E-state index contributed by atoms with van der Waals surface area (Å²) < 4.78 is 28.5. The standard InChI is InChI=1S/C37H48N6O9S/c1-4-26-22-37(26,35(48)41-53(50,51)27-15-16-27)40-33(46)30-12-10-19-43(30)34(47)29(23-42(6-3)31(44)5-2)39-36(49)52-20-9-7-8-11-24-13-14-25-17-18-38-32(45)28(25)21-24/h4-5,8,11,13-14,17-18,21,26-27,29-30,50-51H,1-2,6-7,9-10,12,15-16,19-20,22-23H2,3H3,(H,38,45)(H,39,49)(H,40,46)(H,41,48). The molecule has 0 radical (unpaired) electrons. The fourth-order valence-electron chi connectivity index (χ4n) is 6.53. The Balaban J connectivity index is 1.19.